The largest absolute Gasteiger partial charge is 0.493 e. The number of para-hydroxylation sites is 1. The third-order valence-corrected chi connectivity index (χ3v) is 4.63. The van der Waals surface area contributed by atoms with E-state index in [2.05, 4.69) is 4.98 Å². The third kappa shape index (κ3) is 4.48. The number of carbonyl (C=O) groups excluding carboxylic acids is 1. The molecule has 1 aromatic heterocycles. The normalized spacial score (nSPS) is 14.0. The minimum Gasteiger partial charge on any atom is -0.493 e. The molecule has 23 heavy (non-hydrogen) atoms. The molecular weight excluding hydrogens is 308 g/mol. The van der Waals surface area contributed by atoms with Crippen molar-refractivity contribution in [3.8, 4) is 5.75 Å². The fraction of sp³-hybridized carbons (Fsp3) is 0.333. The van der Waals surface area contributed by atoms with Gasteiger partial charge in [0.15, 0.2) is 0 Å². The number of carbonyl (C=O) groups is 1. The van der Waals surface area contributed by atoms with Crippen molar-refractivity contribution in [1.29, 1.82) is 0 Å². The Morgan fingerprint density at radius 2 is 1.91 bits per heavy atom. The Bertz CT molecular complexity index is 625. The van der Waals surface area contributed by atoms with Crippen molar-refractivity contribution in [1.82, 2.24) is 9.88 Å². The van der Waals surface area contributed by atoms with Gasteiger partial charge in [0.05, 0.1) is 17.2 Å². The molecule has 4 nitrogen and oxygen atoms in total. The summed E-state index contributed by atoms with van der Waals surface area (Å²) in [6, 6.07) is 13.6. The fourth-order valence-electron chi connectivity index (χ4n) is 2.52. The van der Waals surface area contributed by atoms with Crippen molar-refractivity contribution in [2.75, 3.05) is 25.4 Å². The van der Waals surface area contributed by atoms with Crippen molar-refractivity contribution in [2.24, 2.45) is 0 Å². The number of amides is 1. The Morgan fingerprint density at radius 3 is 2.61 bits per heavy atom. The standard InChI is InChI=1S/C18H20N2O2S/c21-18(20-10-4-5-11-20)15-8-9-17(19-14-15)23-13-12-22-16-6-2-1-3-7-16/h1-3,6-9,14H,4-5,10-13H2. The highest BCUT2D eigenvalue weighted by atomic mass is 32.2. The minimum absolute atomic E-state index is 0.0963. The maximum Gasteiger partial charge on any atom is 0.255 e. The lowest BCUT2D eigenvalue weighted by Crippen LogP contribution is -2.27. The second-order valence-electron chi connectivity index (χ2n) is 5.39. The number of likely N-dealkylation sites (tertiary alicyclic amines) is 1. The van der Waals surface area contributed by atoms with Crippen LogP contribution < -0.4 is 4.74 Å². The van der Waals surface area contributed by atoms with E-state index in [0.29, 0.717) is 12.2 Å². The topological polar surface area (TPSA) is 42.4 Å². The first-order valence-corrected chi connectivity index (χ1v) is 8.87. The van der Waals surface area contributed by atoms with Gasteiger partial charge in [-0.05, 0) is 37.1 Å². The average Bonchev–Trinajstić information content (AvgIpc) is 3.14. The lowest BCUT2D eigenvalue weighted by molar-refractivity contribution is 0.0792. The number of pyridine rings is 1. The van der Waals surface area contributed by atoms with Crippen LogP contribution in [0, 0.1) is 0 Å². The molecular formula is C18H20N2O2S. The predicted octanol–water partition coefficient (Wildman–Crippen LogP) is 3.49. The molecule has 0 unspecified atom stereocenters. The number of nitrogens with zero attached hydrogens (tertiary/aromatic N) is 2. The number of benzene rings is 1. The summed E-state index contributed by atoms with van der Waals surface area (Å²) in [5.41, 5.74) is 0.678. The van der Waals surface area contributed by atoms with Crippen molar-refractivity contribution >= 4 is 17.7 Å². The van der Waals surface area contributed by atoms with Crippen LogP contribution in [-0.2, 0) is 0 Å². The Hall–Kier alpha value is -2.01. The fourth-order valence-corrected chi connectivity index (χ4v) is 3.18. The van der Waals surface area contributed by atoms with E-state index in [-0.39, 0.29) is 5.91 Å². The van der Waals surface area contributed by atoms with Crippen LogP contribution in [0.25, 0.3) is 0 Å². The van der Waals surface area contributed by atoms with Crippen molar-refractivity contribution in [3.63, 3.8) is 0 Å². The summed E-state index contributed by atoms with van der Waals surface area (Å²) in [5, 5.41) is 0.916. The number of thioether (sulfide) groups is 1. The van der Waals surface area contributed by atoms with Crippen LogP contribution in [-0.4, -0.2) is 41.2 Å². The zero-order chi connectivity index (χ0) is 15.9. The monoisotopic (exact) mass is 328 g/mol. The average molecular weight is 328 g/mol. The molecule has 1 amide bonds. The maximum atomic E-state index is 12.2. The van der Waals surface area contributed by atoms with Gasteiger partial charge in [-0.1, -0.05) is 18.2 Å². The lowest BCUT2D eigenvalue weighted by atomic mass is 10.2. The number of hydrogen-bond donors (Lipinski definition) is 0. The quantitative estimate of drug-likeness (QED) is 0.601. The van der Waals surface area contributed by atoms with Crippen LogP contribution in [0.3, 0.4) is 0 Å². The Morgan fingerprint density at radius 1 is 1.13 bits per heavy atom. The van der Waals surface area contributed by atoms with Crippen LogP contribution in [0.4, 0.5) is 0 Å². The first-order valence-electron chi connectivity index (χ1n) is 7.89. The Labute approximate surface area is 140 Å². The number of hydrogen-bond acceptors (Lipinski definition) is 4. The molecule has 1 aromatic carbocycles. The van der Waals surface area contributed by atoms with Crippen LogP contribution in [0.1, 0.15) is 23.2 Å². The highest BCUT2D eigenvalue weighted by Gasteiger charge is 2.19. The summed E-state index contributed by atoms with van der Waals surface area (Å²) in [4.78, 5) is 18.5. The van der Waals surface area contributed by atoms with E-state index >= 15 is 0 Å². The summed E-state index contributed by atoms with van der Waals surface area (Å²) in [6.07, 6.45) is 3.89. The molecule has 0 N–H and O–H groups in total. The van der Waals surface area contributed by atoms with E-state index in [4.69, 9.17) is 4.74 Å². The van der Waals surface area contributed by atoms with Crippen LogP contribution >= 0.6 is 11.8 Å². The van der Waals surface area contributed by atoms with Crippen LogP contribution in [0.5, 0.6) is 5.75 Å². The molecule has 120 valence electrons. The zero-order valence-electron chi connectivity index (χ0n) is 13.0. The smallest absolute Gasteiger partial charge is 0.255 e. The summed E-state index contributed by atoms with van der Waals surface area (Å²) in [7, 11) is 0. The van der Waals surface area contributed by atoms with Gasteiger partial charge in [0, 0.05) is 25.0 Å². The third-order valence-electron chi connectivity index (χ3n) is 3.72. The van der Waals surface area contributed by atoms with Crippen molar-refractivity contribution in [3.05, 3.63) is 54.2 Å². The molecule has 0 bridgehead atoms. The molecule has 1 fully saturated rings. The molecule has 0 aliphatic carbocycles. The molecule has 5 heteroatoms. The van der Waals surface area contributed by atoms with E-state index < -0.39 is 0 Å². The van der Waals surface area contributed by atoms with Crippen molar-refractivity contribution < 1.29 is 9.53 Å². The summed E-state index contributed by atoms with van der Waals surface area (Å²) >= 11 is 1.63. The SMILES string of the molecule is O=C(c1ccc(SCCOc2ccccc2)nc1)N1CCCC1. The molecule has 1 aliphatic rings. The van der Waals surface area contributed by atoms with E-state index in [1.807, 2.05) is 47.4 Å². The minimum atomic E-state index is 0.0963. The highest BCUT2D eigenvalue weighted by Crippen LogP contribution is 2.18. The molecule has 0 radical (unpaired) electrons. The highest BCUT2D eigenvalue weighted by molar-refractivity contribution is 7.99. The molecule has 0 spiro atoms. The second kappa shape index (κ2) is 8.02. The molecule has 0 atom stereocenters. The molecule has 0 saturated carbocycles. The van der Waals surface area contributed by atoms with Crippen molar-refractivity contribution in [2.45, 2.75) is 17.9 Å². The van der Waals surface area contributed by atoms with Gasteiger partial charge in [-0.2, -0.15) is 0 Å². The first-order chi connectivity index (χ1) is 11.3. The van der Waals surface area contributed by atoms with Crippen LogP contribution in [0.2, 0.25) is 0 Å². The molecule has 2 heterocycles. The second-order valence-corrected chi connectivity index (χ2v) is 6.51. The van der Waals surface area contributed by atoms with E-state index in [9.17, 15) is 4.79 Å². The van der Waals surface area contributed by atoms with E-state index in [0.717, 1.165) is 42.5 Å². The first kappa shape index (κ1) is 15.9. The zero-order valence-corrected chi connectivity index (χ0v) is 13.8. The van der Waals surface area contributed by atoms with Gasteiger partial charge in [-0.3, -0.25) is 4.79 Å². The summed E-state index contributed by atoms with van der Waals surface area (Å²) < 4.78 is 5.65. The molecule has 2 aromatic rings. The van der Waals surface area contributed by atoms with Gasteiger partial charge in [0.25, 0.3) is 5.91 Å². The van der Waals surface area contributed by atoms with Gasteiger partial charge >= 0.3 is 0 Å². The molecule has 1 aliphatic heterocycles. The van der Waals surface area contributed by atoms with E-state index in [1.54, 1.807) is 18.0 Å². The Balaban J connectivity index is 1.45. The summed E-state index contributed by atoms with van der Waals surface area (Å²) in [6.45, 7) is 2.36. The summed E-state index contributed by atoms with van der Waals surface area (Å²) in [5.74, 6) is 1.80. The number of rotatable bonds is 6. The van der Waals surface area contributed by atoms with Gasteiger partial charge in [0.2, 0.25) is 0 Å². The Kier molecular flexibility index (Phi) is 5.53. The van der Waals surface area contributed by atoms with Crippen LogP contribution in [0.15, 0.2) is 53.7 Å². The maximum absolute atomic E-state index is 12.2. The lowest BCUT2D eigenvalue weighted by Gasteiger charge is -2.14. The molecule has 3 rings (SSSR count). The predicted molar refractivity (Wildman–Crippen MR) is 92.0 cm³/mol. The number of aromatic nitrogens is 1. The van der Waals surface area contributed by atoms with Gasteiger partial charge in [-0.15, -0.1) is 11.8 Å². The molecule has 1 saturated heterocycles. The van der Waals surface area contributed by atoms with Gasteiger partial charge < -0.3 is 9.64 Å². The number of ether oxygens (including phenoxy) is 1. The van der Waals surface area contributed by atoms with Gasteiger partial charge in [0.1, 0.15) is 5.75 Å². The van der Waals surface area contributed by atoms with Gasteiger partial charge in [-0.25, -0.2) is 4.98 Å². The van der Waals surface area contributed by atoms with E-state index in [1.165, 1.54) is 0 Å².